The zero-order chi connectivity index (χ0) is 11.1. The summed E-state index contributed by atoms with van der Waals surface area (Å²) in [5, 5.41) is 8.30. The van der Waals surface area contributed by atoms with E-state index in [2.05, 4.69) is 4.98 Å². The molecule has 0 saturated heterocycles. The molecule has 0 amide bonds. The number of pyridine rings is 1. The van der Waals surface area contributed by atoms with Gasteiger partial charge in [-0.2, -0.15) is 8.78 Å². The van der Waals surface area contributed by atoms with Gasteiger partial charge >= 0.3 is 11.9 Å². The van der Waals surface area contributed by atoms with Gasteiger partial charge in [-0.05, 0) is 30.4 Å². The first-order valence-electron chi connectivity index (χ1n) is 4.59. The molecule has 5 heteroatoms. The summed E-state index contributed by atoms with van der Waals surface area (Å²) in [6, 6.07) is 2.61. The van der Waals surface area contributed by atoms with Crippen molar-refractivity contribution in [3.05, 3.63) is 29.6 Å². The molecule has 1 heterocycles. The monoisotopic (exact) mass is 213 g/mol. The number of hydrogen-bond donors (Lipinski definition) is 1. The molecule has 1 fully saturated rings. The van der Waals surface area contributed by atoms with Gasteiger partial charge in [0.15, 0.2) is 0 Å². The van der Waals surface area contributed by atoms with Gasteiger partial charge in [0.05, 0.1) is 0 Å². The summed E-state index contributed by atoms with van der Waals surface area (Å²) in [4.78, 5) is 13.8. The van der Waals surface area contributed by atoms with E-state index in [1.807, 2.05) is 0 Å². The van der Waals surface area contributed by atoms with Gasteiger partial charge in [-0.3, -0.25) is 4.98 Å². The van der Waals surface area contributed by atoms with Gasteiger partial charge in [0.2, 0.25) is 0 Å². The molecule has 15 heavy (non-hydrogen) atoms. The van der Waals surface area contributed by atoms with Gasteiger partial charge in [-0.1, -0.05) is 6.07 Å². The van der Waals surface area contributed by atoms with Gasteiger partial charge < -0.3 is 5.11 Å². The summed E-state index contributed by atoms with van der Waals surface area (Å²) in [5.74, 6) is -5.65. The van der Waals surface area contributed by atoms with Gasteiger partial charge in [-0.15, -0.1) is 0 Å². The Labute approximate surface area is 84.8 Å². The van der Waals surface area contributed by atoms with E-state index in [0.717, 1.165) is 24.5 Å². The van der Waals surface area contributed by atoms with Crippen LogP contribution in [0.15, 0.2) is 18.3 Å². The largest absolute Gasteiger partial charge is 0.476 e. The molecule has 1 aliphatic rings. The number of rotatable bonds is 3. The number of hydrogen-bond acceptors (Lipinski definition) is 2. The van der Waals surface area contributed by atoms with Crippen molar-refractivity contribution in [2.45, 2.75) is 24.7 Å². The smallest absolute Gasteiger partial charge is 0.384 e. The maximum Gasteiger partial charge on any atom is 0.384 e. The van der Waals surface area contributed by atoms with Crippen LogP contribution in [0.5, 0.6) is 0 Å². The van der Waals surface area contributed by atoms with Gasteiger partial charge in [0.1, 0.15) is 5.69 Å². The highest BCUT2D eigenvalue weighted by molar-refractivity contribution is 5.76. The molecule has 1 aromatic rings. The van der Waals surface area contributed by atoms with E-state index in [1.54, 1.807) is 0 Å². The van der Waals surface area contributed by atoms with Crippen LogP contribution in [-0.2, 0) is 10.7 Å². The van der Waals surface area contributed by atoms with E-state index in [0.29, 0.717) is 5.92 Å². The average molecular weight is 213 g/mol. The van der Waals surface area contributed by atoms with Crippen LogP contribution < -0.4 is 0 Å². The minimum Gasteiger partial charge on any atom is -0.476 e. The zero-order valence-corrected chi connectivity index (χ0v) is 7.78. The van der Waals surface area contributed by atoms with E-state index < -0.39 is 17.6 Å². The lowest BCUT2D eigenvalue weighted by atomic mass is 10.1. The lowest BCUT2D eigenvalue weighted by Crippen LogP contribution is -2.26. The van der Waals surface area contributed by atoms with Crippen LogP contribution in [0.1, 0.15) is 30.0 Å². The molecule has 0 bridgehead atoms. The predicted molar refractivity (Wildman–Crippen MR) is 47.7 cm³/mol. The summed E-state index contributed by atoms with van der Waals surface area (Å²) >= 11 is 0. The first-order chi connectivity index (χ1) is 7.01. The Balaban J connectivity index is 2.26. The number of alkyl halides is 2. The fourth-order valence-electron chi connectivity index (χ4n) is 1.36. The number of carbonyl (C=O) groups is 1. The Kier molecular flexibility index (Phi) is 2.17. The fourth-order valence-corrected chi connectivity index (χ4v) is 1.36. The third-order valence-corrected chi connectivity index (χ3v) is 2.43. The van der Waals surface area contributed by atoms with E-state index >= 15 is 0 Å². The van der Waals surface area contributed by atoms with Crippen molar-refractivity contribution >= 4 is 5.97 Å². The summed E-state index contributed by atoms with van der Waals surface area (Å²) in [6.45, 7) is 0. The lowest BCUT2D eigenvalue weighted by molar-refractivity contribution is -0.166. The van der Waals surface area contributed by atoms with Crippen LogP contribution in [-0.4, -0.2) is 16.1 Å². The maximum atomic E-state index is 13.0. The average Bonchev–Trinajstić information content (AvgIpc) is 3.01. The second-order valence-corrected chi connectivity index (χ2v) is 3.63. The van der Waals surface area contributed by atoms with Crippen molar-refractivity contribution in [2.24, 2.45) is 0 Å². The van der Waals surface area contributed by atoms with E-state index in [-0.39, 0.29) is 0 Å². The second kappa shape index (κ2) is 3.25. The van der Waals surface area contributed by atoms with Crippen molar-refractivity contribution in [3.8, 4) is 0 Å². The Morgan fingerprint density at radius 1 is 1.47 bits per heavy atom. The lowest BCUT2D eigenvalue weighted by Gasteiger charge is -2.10. The molecule has 0 spiro atoms. The van der Waals surface area contributed by atoms with Crippen LogP contribution in [0.4, 0.5) is 8.78 Å². The number of carboxylic acid groups (broad SMARTS) is 1. The molecule has 1 saturated carbocycles. The molecule has 1 N–H and O–H groups in total. The number of halogens is 2. The van der Waals surface area contributed by atoms with Crippen LogP contribution in [0.25, 0.3) is 0 Å². The summed E-state index contributed by atoms with van der Waals surface area (Å²) in [5.41, 5.74) is 0.194. The summed E-state index contributed by atoms with van der Waals surface area (Å²) in [7, 11) is 0. The highest BCUT2D eigenvalue weighted by atomic mass is 19.3. The third kappa shape index (κ3) is 1.82. The predicted octanol–water partition coefficient (Wildman–Crippen LogP) is 2.14. The van der Waals surface area contributed by atoms with Crippen molar-refractivity contribution in [1.29, 1.82) is 0 Å². The molecule has 0 radical (unpaired) electrons. The molecule has 80 valence electrons. The van der Waals surface area contributed by atoms with Crippen LogP contribution in [0.2, 0.25) is 0 Å². The molecule has 0 unspecified atom stereocenters. The Morgan fingerprint density at radius 2 is 2.13 bits per heavy atom. The molecule has 0 aromatic carbocycles. The first-order valence-corrected chi connectivity index (χ1v) is 4.59. The molecule has 0 aliphatic heterocycles. The van der Waals surface area contributed by atoms with E-state index in [1.165, 1.54) is 12.3 Å². The number of carboxylic acids is 1. The minimum absolute atomic E-state index is 0.421. The minimum atomic E-state index is -3.90. The fraction of sp³-hybridized carbons (Fsp3) is 0.400. The topological polar surface area (TPSA) is 50.2 Å². The normalized spacial score (nSPS) is 16.4. The van der Waals surface area contributed by atoms with Crippen molar-refractivity contribution in [1.82, 2.24) is 4.98 Å². The maximum absolute atomic E-state index is 13.0. The Morgan fingerprint density at radius 3 is 2.53 bits per heavy atom. The van der Waals surface area contributed by atoms with Gasteiger partial charge in [0, 0.05) is 6.20 Å². The standard InChI is InChI=1S/C10H9F2NO2/c11-10(12,9(14)15)8-4-3-7(5-13-8)6-1-2-6/h3-6H,1-2H2,(H,14,15). The first kappa shape index (κ1) is 10.0. The number of nitrogens with zero attached hydrogens (tertiary/aromatic N) is 1. The van der Waals surface area contributed by atoms with Gasteiger partial charge in [-0.25, -0.2) is 4.79 Å². The molecule has 3 nitrogen and oxygen atoms in total. The Bertz CT molecular complexity index is 385. The third-order valence-electron chi connectivity index (χ3n) is 2.43. The SMILES string of the molecule is O=C(O)C(F)(F)c1ccc(C2CC2)cn1. The number of aromatic nitrogens is 1. The molecule has 0 atom stereocenters. The van der Waals surface area contributed by atoms with Gasteiger partial charge in [0.25, 0.3) is 0 Å². The van der Waals surface area contributed by atoms with Crippen molar-refractivity contribution in [3.63, 3.8) is 0 Å². The molecular weight excluding hydrogens is 204 g/mol. The number of aliphatic carboxylic acids is 1. The van der Waals surface area contributed by atoms with Crippen LogP contribution >= 0.6 is 0 Å². The van der Waals surface area contributed by atoms with Crippen molar-refractivity contribution < 1.29 is 18.7 Å². The van der Waals surface area contributed by atoms with Crippen LogP contribution in [0, 0.1) is 0 Å². The quantitative estimate of drug-likeness (QED) is 0.836. The molecule has 1 aromatic heterocycles. The van der Waals surface area contributed by atoms with Crippen molar-refractivity contribution in [2.75, 3.05) is 0 Å². The van der Waals surface area contributed by atoms with E-state index in [4.69, 9.17) is 5.11 Å². The zero-order valence-electron chi connectivity index (χ0n) is 7.78. The van der Waals surface area contributed by atoms with E-state index in [9.17, 15) is 13.6 Å². The Hall–Kier alpha value is -1.52. The molecular formula is C10H9F2NO2. The second-order valence-electron chi connectivity index (χ2n) is 3.63. The van der Waals surface area contributed by atoms with Crippen LogP contribution in [0.3, 0.4) is 0 Å². The highest BCUT2D eigenvalue weighted by Gasteiger charge is 2.42. The summed E-state index contributed by atoms with van der Waals surface area (Å²) < 4.78 is 25.9. The molecule has 1 aliphatic carbocycles. The summed E-state index contributed by atoms with van der Waals surface area (Å²) in [6.07, 6.45) is 3.44. The molecule has 2 rings (SSSR count). The highest BCUT2D eigenvalue weighted by Crippen LogP contribution is 2.40.